The predicted octanol–water partition coefficient (Wildman–Crippen LogP) is 2.67. The molecule has 0 atom stereocenters. The van der Waals surface area contributed by atoms with E-state index in [4.69, 9.17) is 16.3 Å². The third-order valence-corrected chi connectivity index (χ3v) is 6.86. The maximum absolute atomic E-state index is 12.6. The van der Waals surface area contributed by atoms with Crippen LogP contribution in [0.25, 0.3) is 0 Å². The van der Waals surface area contributed by atoms with Crippen LogP contribution in [0, 0.1) is 0 Å². The van der Waals surface area contributed by atoms with Crippen LogP contribution in [0.5, 0.6) is 5.88 Å². The zero-order valence-electron chi connectivity index (χ0n) is 15.7. The standard InChI is InChI=1S/C19H22ClN3O4S/c1-3-23(4-2)28(25,26)17-8-5-14(6-9-17)19(24)22-12-16(13-22)27-18-10-7-15(20)11-21-18/h5-11,16H,3-4,12-13H2,1-2H3. The fourth-order valence-electron chi connectivity index (χ4n) is 2.95. The number of halogens is 1. The lowest BCUT2D eigenvalue weighted by Gasteiger charge is -2.38. The molecule has 2 heterocycles. The van der Waals surface area contributed by atoms with Crippen molar-refractivity contribution in [2.45, 2.75) is 24.8 Å². The van der Waals surface area contributed by atoms with Crippen LogP contribution < -0.4 is 4.74 Å². The minimum absolute atomic E-state index is 0.125. The van der Waals surface area contributed by atoms with Crippen molar-refractivity contribution in [1.29, 1.82) is 0 Å². The van der Waals surface area contributed by atoms with Gasteiger partial charge in [-0.05, 0) is 30.3 Å². The number of amides is 1. The van der Waals surface area contributed by atoms with Gasteiger partial charge < -0.3 is 9.64 Å². The minimum atomic E-state index is -3.53. The number of pyridine rings is 1. The number of aromatic nitrogens is 1. The third-order valence-electron chi connectivity index (χ3n) is 4.57. The molecule has 0 N–H and O–H groups in total. The molecule has 1 fully saturated rings. The summed E-state index contributed by atoms with van der Waals surface area (Å²) in [6, 6.07) is 9.43. The molecule has 0 radical (unpaired) electrons. The Morgan fingerprint density at radius 3 is 2.36 bits per heavy atom. The van der Waals surface area contributed by atoms with Crippen LogP contribution in [0.2, 0.25) is 5.02 Å². The smallest absolute Gasteiger partial charge is 0.254 e. The van der Waals surface area contributed by atoms with Crippen LogP contribution in [0.3, 0.4) is 0 Å². The molecule has 2 aromatic rings. The van der Waals surface area contributed by atoms with Gasteiger partial charge in [-0.2, -0.15) is 4.31 Å². The number of sulfonamides is 1. The van der Waals surface area contributed by atoms with E-state index in [0.29, 0.717) is 42.6 Å². The lowest BCUT2D eigenvalue weighted by atomic mass is 10.1. The molecule has 150 valence electrons. The molecule has 0 saturated carbocycles. The summed E-state index contributed by atoms with van der Waals surface area (Å²) < 4.78 is 32.1. The first kappa shape index (κ1) is 20.6. The molecule has 1 aliphatic heterocycles. The highest BCUT2D eigenvalue weighted by Crippen LogP contribution is 2.21. The maximum Gasteiger partial charge on any atom is 0.254 e. The lowest BCUT2D eigenvalue weighted by Crippen LogP contribution is -2.56. The van der Waals surface area contributed by atoms with E-state index in [1.54, 1.807) is 43.0 Å². The van der Waals surface area contributed by atoms with Crippen molar-refractivity contribution in [1.82, 2.24) is 14.2 Å². The lowest BCUT2D eigenvalue weighted by molar-refractivity contribution is 0.0160. The van der Waals surface area contributed by atoms with Crippen LogP contribution in [0.1, 0.15) is 24.2 Å². The Balaban J connectivity index is 1.59. The van der Waals surface area contributed by atoms with E-state index in [-0.39, 0.29) is 16.9 Å². The first-order valence-electron chi connectivity index (χ1n) is 9.02. The number of hydrogen-bond acceptors (Lipinski definition) is 5. The number of ether oxygens (including phenoxy) is 1. The van der Waals surface area contributed by atoms with Gasteiger partial charge in [0.15, 0.2) is 0 Å². The quantitative estimate of drug-likeness (QED) is 0.684. The number of likely N-dealkylation sites (tertiary alicyclic amines) is 1. The topological polar surface area (TPSA) is 79.8 Å². The van der Waals surface area contributed by atoms with Crippen molar-refractivity contribution in [2.75, 3.05) is 26.2 Å². The molecule has 9 heteroatoms. The second-order valence-electron chi connectivity index (χ2n) is 6.38. The predicted molar refractivity (Wildman–Crippen MR) is 106 cm³/mol. The molecule has 28 heavy (non-hydrogen) atoms. The average molecular weight is 424 g/mol. The van der Waals surface area contributed by atoms with E-state index in [2.05, 4.69) is 4.98 Å². The van der Waals surface area contributed by atoms with Gasteiger partial charge >= 0.3 is 0 Å². The van der Waals surface area contributed by atoms with Gasteiger partial charge in [-0.25, -0.2) is 13.4 Å². The maximum atomic E-state index is 12.6. The molecule has 0 aliphatic carbocycles. The van der Waals surface area contributed by atoms with Crippen LogP contribution in [0.4, 0.5) is 0 Å². The van der Waals surface area contributed by atoms with Crippen LogP contribution in [-0.2, 0) is 10.0 Å². The first-order chi connectivity index (χ1) is 13.3. The van der Waals surface area contributed by atoms with E-state index in [1.807, 2.05) is 0 Å². The SMILES string of the molecule is CCN(CC)S(=O)(=O)c1ccc(C(=O)N2CC(Oc3ccc(Cl)cn3)C2)cc1. The van der Waals surface area contributed by atoms with E-state index >= 15 is 0 Å². The summed E-state index contributed by atoms with van der Waals surface area (Å²) in [6.07, 6.45) is 1.38. The summed E-state index contributed by atoms with van der Waals surface area (Å²) in [5, 5.41) is 0.532. The number of benzene rings is 1. The van der Waals surface area contributed by atoms with Crippen molar-refractivity contribution >= 4 is 27.5 Å². The average Bonchev–Trinajstić information content (AvgIpc) is 2.66. The van der Waals surface area contributed by atoms with Crippen molar-refractivity contribution in [2.24, 2.45) is 0 Å². The Morgan fingerprint density at radius 2 is 1.82 bits per heavy atom. The summed E-state index contributed by atoms with van der Waals surface area (Å²) in [5.41, 5.74) is 0.446. The molecule has 7 nitrogen and oxygen atoms in total. The molecule has 1 saturated heterocycles. The van der Waals surface area contributed by atoms with Gasteiger partial charge in [0.25, 0.3) is 5.91 Å². The van der Waals surface area contributed by atoms with Gasteiger partial charge in [0.1, 0.15) is 6.10 Å². The Bertz CT molecular complexity index is 923. The van der Waals surface area contributed by atoms with Gasteiger partial charge in [-0.1, -0.05) is 25.4 Å². The van der Waals surface area contributed by atoms with E-state index in [0.717, 1.165) is 0 Å². The Kier molecular flexibility index (Phi) is 6.22. The summed E-state index contributed by atoms with van der Waals surface area (Å²) in [5.74, 6) is 0.308. The zero-order valence-corrected chi connectivity index (χ0v) is 17.3. The third kappa shape index (κ3) is 4.29. The molecule has 1 aromatic carbocycles. The van der Waals surface area contributed by atoms with Crippen LogP contribution >= 0.6 is 11.6 Å². The minimum Gasteiger partial charge on any atom is -0.471 e. The van der Waals surface area contributed by atoms with Gasteiger partial charge in [-0.15, -0.1) is 0 Å². The zero-order chi connectivity index (χ0) is 20.3. The Morgan fingerprint density at radius 1 is 1.18 bits per heavy atom. The summed E-state index contributed by atoms with van der Waals surface area (Å²) in [6.45, 7) is 5.28. The summed E-state index contributed by atoms with van der Waals surface area (Å²) >= 11 is 5.79. The van der Waals surface area contributed by atoms with E-state index < -0.39 is 10.0 Å². The number of carbonyl (C=O) groups is 1. The highest BCUT2D eigenvalue weighted by Gasteiger charge is 2.33. The number of nitrogens with zero attached hydrogens (tertiary/aromatic N) is 3. The largest absolute Gasteiger partial charge is 0.471 e. The molecule has 1 amide bonds. The van der Waals surface area contributed by atoms with E-state index in [1.165, 1.54) is 22.6 Å². The monoisotopic (exact) mass is 423 g/mol. The van der Waals surface area contributed by atoms with Crippen LogP contribution in [0.15, 0.2) is 47.5 Å². The second-order valence-corrected chi connectivity index (χ2v) is 8.75. The fraction of sp³-hybridized carbons (Fsp3) is 0.368. The Hall–Kier alpha value is -2.16. The second kappa shape index (κ2) is 8.46. The number of rotatable bonds is 7. The Labute approximate surface area is 169 Å². The molecular weight excluding hydrogens is 402 g/mol. The van der Waals surface area contributed by atoms with Gasteiger partial charge in [0, 0.05) is 30.9 Å². The molecule has 3 rings (SSSR count). The van der Waals surface area contributed by atoms with Crippen molar-refractivity contribution in [3.05, 3.63) is 53.2 Å². The molecular formula is C19H22ClN3O4S. The molecule has 0 spiro atoms. The van der Waals surface area contributed by atoms with E-state index in [9.17, 15) is 13.2 Å². The normalized spacial score (nSPS) is 14.8. The van der Waals surface area contributed by atoms with Crippen molar-refractivity contribution in [3.8, 4) is 5.88 Å². The number of carbonyl (C=O) groups excluding carboxylic acids is 1. The highest BCUT2D eigenvalue weighted by molar-refractivity contribution is 7.89. The van der Waals surface area contributed by atoms with Crippen molar-refractivity contribution in [3.63, 3.8) is 0 Å². The molecule has 0 unspecified atom stereocenters. The van der Waals surface area contributed by atoms with Gasteiger partial charge in [0.05, 0.1) is 23.0 Å². The fourth-order valence-corrected chi connectivity index (χ4v) is 4.52. The first-order valence-corrected chi connectivity index (χ1v) is 10.8. The van der Waals surface area contributed by atoms with Gasteiger partial charge in [-0.3, -0.25) is 4.79 Å². The molecule has 1 aromatic heterocycles. The highest BCUT2D eigenvalue weighted by atomic mass is 35.5. The molecule has 1 aliphatic rings. The summed E-state index contributed by atoms with van der Waals surface area (Å²) in [7, 11) is -3.53. The molecule has 0 bridgehead atoms. The van der Waals surface area contributed by atoms with Gasteiger partial charge in [0.2, 0.25) is 15.9 Å². The van der Waals surface area contributed by atoms with Crippen molar-refractivity contribution < 1.29 is 17.9 Å². The van der Waals surface area contributed by atoms with Crippen LogP contribution in [-0.4, -0.2) is 60.8 Å². The number of hydrogen-bond donors (Lipinski definition) is 0. The summed E-state index contributed by atoms with van der Waals surface area (Å²) in [4.78, 5) is 18.5.